The van der Waals surface area contributed by atoms with E-state index in [4.69, 9.17) is 9.47 Å². The quantitative estimate of drug-likeness (QED) is 0.590. The summed E-state index contributed by atoms with van der Waals surface area (Å²) in [7, 11) is 3.36. The highest BCUT2D eigenvalue weighted by Gasteiger charge is 2.07. The van der Waals surface area contributed by atoms with Gasteiger partial charge in [0.2, 0.25) is 0 Å². The fourth-order valence-electron chi connectivity index (χ4n) is 1.55. The third-order valence-corrected chi connectivity index (χ3v) is 2.63. The van der Waals surface area contributed by atoms with Crippen LogP contribution in [-0.4, -0.2) is 26.5 Å². The minimum atomic E-state index is 0.764. The van der Waals surface area contributed by atoms with Crippen LogP contribution in [0.1, 0.15) is 11.1 Å². The van der Waals surface area contributed by atoms with Crippen LogP contribution in [-0.2, 0) is 6.54 Å². The maximum Gasteiger partial charge on any atom is 0.123 e. The number of methoxy groups -OCH3 is 2. The number of nitrogens with one attached hydrogen (secondary N) is 1. The van der Waals surface area contributed by atoms with Gasteiger partial charge in [0.1, 0.15) is 11.5 Å². The molecule has 0 radical (unpaired) electrons. The number of hydrogen-bond donors (Lipinski definition) is 2. The van der Waals surface area contributed by atoms with Gasteiger partial charge in [0.15, 0.2) is 0 Å². The van der Waals surface area contributed by atoms with Gasteiger partial charge >= 0.3 is 0 Å². The van der Waals surface area contributed by atoms with Crippen molar-refractivity contribution in [2.75, 3.05) is 26.5 Å². The van der Waals surface area contributed by atoms with Gasteiger partial charge in [0.05, 0.1) is 14.2 Å². The maximum atomic E-state index is 5.34. The Morgan fingerprint density at radius 1 is 1.19 bits per heavy atom. The molecule has 0 aliphatic heterocycles. The van der Waals surface area contributed by atoms with Gasteiger partial charge < -0.3 is 14.8 Å². The molecule has 1 aromatic carbocycles. The zero-order valence-electron chi connectivity index (χ0n) is 10.0. The van der Waals surface area contributed by atoms with E-state index in [0.717, 1.165) is 41.5 Å². The standard InChI is InChI=1S/C12H19NO2S/c1-9-6-12(15-3)10(7-11(9)14-2)8-13-4-5-16/h6-7,13,16H,4-5,8H2,1-3H3. The lowest BCUT2D eigenvalue weighted by Crippen LogP contribution is -2.16. The zero-order chi connectivity index (χ0) is 12.0. The summed E-state index contributed by atoms with van der Waals surface area (Å²) in [6.45, 7) is 3.65. The minimum absolute atomic E-state index is 0.764. The van der Waals surface area contributed by atoms with Gasteiger partial charge in [-0.15, -0.1) is 0 Å². The second kappa shape index (κ2) is 6.66. The first kappa shape index (κ1) is 13.2. The van der Waals surface area contributed by atoms with Crippen LogP contribution in [0.2, 0.25) is 0 Å². The normalized spacial score (nSPS) is 10.2. The third-order valence-electron chi connectivity index (χ3n) is 2.40. The van der Waals surface area contributed by atoms with Gasteiger partial charge in [-0.25, -0.2) is 0 Å². The molecule has 16 heavy (non-hydrogen) atoms. The molecule has 4 heteroatoms. The lowest BCUT2D eigenvalue weighted by Gasteiger charge is -2.13. The van der Waals surface area contributed by atoms with Crippen molar-refractivity contribution >= 4 is 12.6 Å². The molecule has 1 aromatic rings. The summed E-state index contributed by atoms with van der Waals surface area (Å²) >= 11 is 4.15. The predicted molar refractivity (Wildman–Crippen MR) is 69.8 cm³/mol. The van der Waals surface area contributed by atoms with Crippen molar-refractivity contribution in [2.24, 2.45) is 0 Å². The van der Waals surface area contributed by atoms with E-state index in [0.29, 0.717) is 0 Å². The van der Waals surface area contributed by atoms with Crippen molar-refractivity contribution in [3.63, 3.8) is 0 Å². The molecule has 0 bridgehead atoms. The Morgan fingerprint density at radius 3 is 2.44 bits per heavy atom. The fraction of sp³-hybridized carbons (Fsp3) is 0.500. The van der Waals surface area contributed by atoms with Crippen molar-refractivity contribution in [2.45, 2.75) is 13.5 Å². The van der Waals surface area contributed by atoms with E-state index in [1.165, 1.54) is 0 Å². The number of aryl methyl sites for hydroxylation is 1. The van der Waals surface area contributed by atoms with Crippen LogP contribution in [0.5, 0.6) is 11.5 Å². The summed E-state index contributed by atoms with van der Waals surface area (Å²) in [5, 5.41) is 3.28. The van der Waals surface area contributed by atoms with Gasteiger partial charge in [-0.3, -0.25) is 0 Å². The van der Waals surface area contributed by atoms with Crippen LogP contribution in [0, 0.1) is 6.92 Å². The summed E-state index contributed by atoms with van der Waals surface area (Å²) in [5.74, 6) is 2.61. The minimum Gasteiger partial charge on any atom is -0.496 e. The van der Waals surface area contributed by atoms with Crippen LogP contribution >= 0.6 is 12.6 Å². The molecule has 0 unspecified atom stereocenters. The van der Waals surface area contributed by atoms with Crippen LogP contribution < -0.4 is 14.8 Å². The van der Waals surface area contributed by atoms with Crippen molar-refractivity contribution in [1.29, 1.82) is 0 Å². The number of ether oxygens (including phenoxy) is 2. The third kappa shape index (κ3) is 3.32. The fourth-order valence-corrected chi connectivity index (χ4v) is 1.71. The molecule has 0 saturated carbocycles. The molecule has 1 rings (SSSR count). The van der Waals surface area contributed by atoms with Crippen LogP contribution in [0.4, 0.5) is 0 Å². The Balaban J connectivity index is 2.86. The molecule has 0 aromatic heterocycles. The van der Waals surface area contributed by atoms with E-state index in [2.05, 4.69) is 17.9 Å². The molecule has 90 valence electrons. The number of hydrogen-bond acceptors (Lipinski definition) is 4. The smallest absolute Gasteiger partial charge is 0.123 e. The number of benzene rings is 1. The molecule has 0 atom stereocenters. The summed E-state index contributed by atoms with van der Waals surface area (Å²) in [6.07, 6.45) is 0. The largest absolute Gasteiger partial charge is 0.496 e. The molecular formula is C12H19NO2S. The van der Waals surface area contributed by atoms with E-state index in [1.807, 2.05) is 19.1 Å². The molecule has 3 nitrogen and oxygen atoms in total. The topological polar surface area (TPSA) is 30.5 Å². The highest BCUT2D eigenvalue weighted by atomic mass is 32.1. The monoisotopic (exact) mass is 241 g/mol. The predicted octanol–water partition coefficient (Wildman–Crippen LogP) is 2.03. The Kier molecular flexibility index (Phi) is 5.49. The van der Waals surface area contributed by atoms with Crippen LogP contribution in [0.3, 0.4) is 0 Å². The lowest BCUT2D eigenvalue weighted by molar-refractivity contribution is 0.395. The van der Waals surface area contributed by atoms with Crippen LogP contribution in [0.25, 0.3) is 0 Å². The number of thiol groups is 1. The second-order valence-corrected chi connectivity index (χ2v) is 3.98. The highest BCUT2D eigenvalue weighted by Crippen LogP contribution is 2.27. The zero-order valence-corrected chi connectivity index (χ0v) is 10.9. The molecule has 0 aliphatic carbocycles. The molecular weight excluding hydrogens is 222 g/mol. The van der Waals surface area contributed by atoms with Crippen molar-refractivity contribution in [1.82, 2.24) is 5.32 Å². The average molecular weight is 241 g/mol. The van der Waals surface area contributed by atoms with Crippen LogP contribution in [0.15, 0.2) is 12.1 Å². The van der Waals surface area contributed by atoms with Gasteiger partial charge in [-0.05, 0) is 24.6 Å². The van der Waals surface area contributed by atoms with E-state index < -0.39 is 0 Å². The Morgan fingerprint density at radius 2 is 1.88 bits per heavy atom. The van der Waals surface area contributed by atoms with E-state index >= 15 is 0 Å². The molecule has 0 aliphatic rings. The maximum absolute atomic E-state index is 5.34. The second-order valence-electron chi connectivity index (χ2n) is 3.53. The molecule has 0 heterocycles. The van der Waals surface area contributed by atoms with E-state index in [9.17, 15) is 0 Å². The molecule has 0 saturated heterocycles. The highest BCUT2D eigenvalue weighted by molar-refractivity contribution is 7.80. The molecule has 0 spiro atoms. The summed E-state index contributed by atoms with van der Waals surface area (Å²) in [6, 6.07) is 4.01. The van der Waals surface area contributed by atoms with Crippen molar-refractivity contribution < 1.29 is 9.47 Å². The van der Waals surface area contributed by atoms with Crippen molar-refractivity contribution in [3.8, 4) is 11.5 Å². The Labute approximate surface area is 103 Å². The summed E-state index contributed by atoms with van der Waals surface area (Å²) in [4.78, 5) is 0. The molecule has 1 N–H and O–H groups in total. The van der Waals surface area contributed by atoms with E-state index in [1.54, 1.807) is 14.2 Å². The van der Waals surface area contributed by atoms with E-state index in [-0.39, 0.29) is 0 Å². The lowest BCUT2D eigenvalue weighted by atomic mass is 10.1. The Bertz CT molecular complexity index is 342. The SMILES string of the molecule is COc1cc(CNCCS)c(OC)cc1C. The molecule has 0 amide bonds. The number of rotatable bonds is 6. The van der Waals surface area contributed by atoms with Gasteiger partial charge in [-0.1, -0.05) is 0 Å². The first-order chi connectivity index (χ1) is 7.72. The van der Waals surface area contributed by atoms with Crippen molar-refractivity contribution in [3.05, 3.63) is 23.3 Å². The molecule has 0 fully saturated rings. The average Bonchev–Trinajstić information content (AvgIpc) is 2.30. The van der Waals surface area contributed by atoms with Gasteiger partial charge in [0, 0.05) is 24.4 Å². The van der Waals surface area contributed by atoms with Gasteiger partial charge in [-0.2, -0.15) is 12.6 Å². The summed E-state index contributed by atoms with van der Waals surface area (Å²) in [5.41, 5.74) is 2.18. The summed E-state index contributed by atoms with van der Waals surface area (Å²) < 4.78 is 10.6. The Hall–Kier alpha value is -0.870. The first-order valence-electron chi connectivity index (χ1n) is 5.26. The van der Waals surface area contributed by atoms with Gasteiger partial charge in [0.25, 0.3) is 0 Å². The first-order valence-corrected chi connectivity index (χ1v) is 5.89.